The second-order valence-electron chi connectivity index (χ2n) is 15.3. The highest BCUT2D eigenvalue weighted by Gasteiger charge is 2.51. The molecule has 0 radical (unpaired) electrons. The number of hydrogen-bond donors (Lipinski definition) is 0. The van der Waals surface area contributed by atoms with Crippen LogP contribution in [0, 0.1) is 22.7 Å². The molecule has 1 aliphatic heterocycles. The SMILES string of the molecule is N#Cc1cc(-n2c3ccccc3c3cc4c(cc32)C2(c3ccccc3Oc3ccccc32)c2ccccc2-4)cc(C#N)c1-c1nc(-c2ccccc2)nc(-c2ccccc2)n1. The van der Waals surface area contributed by atoms with E-state index in [4.69, 9.17) is 19.7 Å². The number of para-hydroxylation sites is 3. The quantitative estimate of drug-likeness (QED) is 0.176. The zero-order valence-corrected chi connectivity index (χ0v) is 32.4. The van der Waals surface area contributed by atoms with Crippen molar-refractivity contribution in [3.8, 4) is 74.6 Å². The number of aromatic nitrogens is 4. The number of hydrogen-bond acceptors (Lipinski definition) is 6. The summed E-state index contributed by atoms with van der Waals surface area (Å²) in [5, 5.41) is 24.0. The summed E-state index contributed by atoms with van der Waals surface area (Å²) >= 11 is 0. The lowest BCUT2D eigenvalue weighted by Gasteiger charge is -2.39. The van der Waals surface area contributed by atoms with Gasteiger partial charge in [-0.2, -0.15) is 10.5 Å². The van der Waals surface area contributed by atoms with Gasteiger partial charge in [0.2, 0.25) is 0 Å². The molecule has 0 amide bonds. The second kappa shape index (κ2) is 13.2. The molecule has 10 aromatic rings. The summed E-state index contributed by atoms with van der Waals surface area (Å²) in [4.78, 5) is 14.7. The van der Waals surface area contributed by atoms with Crippen LogP contribution in [-0.4, -0.2) is 19.5 Å². The van der Waals surface area contributed by atoms with Crippen molar-refractivity contribution in [2.45, 2.75) is 5.41 Å². The maximum atomic E-state index is 10.9. The van der Waals surface area contributed by atoms with Crippen molar-refractivity contribution in [3.63, 3.8) is 0 Å². The average Bonchev–Trinajstić information content (AvgIpc) is 3.80. The topological polar surface area (TPSA) is 100 Å². The Morgan fingerprint density at radius 2 is 0.967 bits per heavy atom. The van der Waals surface area contributed by atoms with Gasteiger partial charge in [0, 0.05) is 38.7 Å². The fourth-order valence-corrected chi connectivity index (χ4v) is 9.68. The van der Waals surface area contributed by atoms with Gasteiger partial charge in [0.05, 0.1) is 33.1 Å². The third-order valence-electron chi connectivity index (χ3n) is 12.2. The lowest BCUT2D eigenvalue weighted by Crippen LogP contribution is -2.32. The van der Waals surface area contributed by atoms with E-state index in [1.807, 2.05) is 91.0 Å². The van der Waals surface area contributed by atoms with E-state index in [1.54, 1.807) is 0 Å². The first kappa shape index (κ1) is 34.4. The Balaban J connectivity index is 1.13. The monoisotopic (exact) mass is 778 g/mol. The Kier molecular flexibility index (Phi) is 7.44. The second-order valence-corrected chi connectivity index (χ2v) is 15.3. The summed E-state index contributed by atoms with van der Waals surface area (Å²) < 4.78 is 8.79. The largest absolute Gasteiger partial charge is 0.457 e. The first-order chi connectivity index (χ1) is 30.1. The highest BCUT2D eigenvalue weighted by Crippen LogP contribution is 2.62. The average molecular weight is 779 g/mol. The molecule has 0 fully saturated rings. The third kappa shape index (κ3) is 4.93. The molecule has 12 rings (SSSR count). The first-order valence-electron chi connectivity index (χ1n) is 20.1. The van der Waals surface area contributed by atoms with Gasteiger partial charge in [0.15, 0.2) is 17.5 Å². The number of benzene rings is 8. The van der Waals surface area contributed by atoms with Crippen molar-refractivity contribution >= 4 is 21.8 Å². The van der Waals surface area contributed by atoms with Crippen LogP contribution in [0.15, 0.2) is 182 Å². The number of nitrogens with zero attached hydrogens (tertiary/aromatic N) is 6. The zero-order valence-electron chi connectivity index (χ0n) is 32.4. The van der Waals surface area contributed by atoms with Crippen LogP contribution in [0.25, 0.3) is 72.8 Å². The fraction of sp³-hybridized carbons (Fsp3) is 0.0185. The van der Waals surface area contributed by atoms with Crippen LogP contribution < -0.4 is 4.74 Å². The van der Waals surface area contributed by atoms with Gasteiger partial charge in [-0.1, -0.05) is 140 Å². The van der Waals surface area contributed by atoms with Crippen molar-refractivity contribution in [1.82, 2.24) is 19.5 Å². The van der Waals surface area contributed by atoms with E-state index in [-0.39, 0.29) is 17.0 Å². The lowest BCUT2D eigenvalue weighted by atomic mass is 9.66. The van der Waals surface area contributed by atoms with Crippen molar-refractivity contribution in [2.75, 3.05) is 0 Å². The molecule has 0 saturated heterocycles. The smallest absolute Gasteiger partial charge is 0.166 e. The molecule has 2 aromatic heterocycles. The predicted molar refractivity (Wildman–Crippen MR) is 237 cm³/mol. The van der Waals surface area contributed by atoms with Crippen molar-refractivity contribution in [1.29, 1.82) is 10.5 Å². The molecule has 0 bridgehead atoms. The third-order valence-corrected chi connectivity index (χ3v) is 12.2. The minimum Gasteiger partial charge on any atom is -0.457 e. The van der Waals surface area contributed by atoms with Crippen LogP contribution in [-0.2, 0) is 5.41 Å². The molecule has 0 saturated carbocycles. The van der Waals surface area contributed by atoms with Crippen LogP contribution in [0.1, 0.15) is 33.4 Å². The summed E-state index contributed by atoms with van der Waals surface area (Å²) in [6, 6.07) is 66.2. The normalized spacial score (nSPS) is 12.8. The molecule has 282 valence electrons. The van der Waals surface area contributed by atoms with E-state index >= 15 is 0 Å². The van der Waals surface area contributed by atoms with Gasteiger partial charge in [-0.3, -0.25) is 0 Å². The number of nitriles is 2. The zero-order chi connectivity index (χ0) is 40.7. The van der Waals surface area contributed by atoms with Gasteiger partial charge in [-0.15, -0.1) is 0 Å². The van der Waals surface area contributed by atoms with Gasteiger partial charge in [0.25, 0.3) is 0 Å². The molecule has 1 aliphatic carbocycles. The van der Waals surface area contributed by atoms with Crippen LogP contribution in [0.5, 0.6) is 11.5 Å². The maximum absolute atomic E-state index is 10.9. The van der Waals surface area contributed by atoms with Gasteiger partial charge < -0.3 is 9.30 Å². The first-order valence-corrected chi connectivity index (χ1v) is 20.1. The Morgan fingerprint density at radius 1 is 0.443 bits per heavy atom. The minimum atomic E-state index is -0.669. The van der Waals surface area contributed by atoms with E-state index in [2.05, 4.69) is 108 Å². The number of ether oxygens (including phenoxy) is 1. The maximum Gasteiger partial charge on any atom is 0.166 e. The van der Waals surface area contributed by atoms with Gasteiger partial charge in [-0.25, -0.2) is 15.0 Å². The predicted octanol–water partition coefficient (Wildman–Crippen LogP) is 12.2. The van der Waals surface area contributed by atoms with Crippen LogP contribution in [0.2, 0.25) is 0 Å². The molecule has 2 aliphatic rings. The molecular formula is C54H30N6O. The highest BCUT2D eigenvalue weighted by atomic mass is 16.5. The Labute approximate surface area is 350 Å². The van der Waals surface area contributed by atoms with Crippen molar-refractivity contribution in [3.05, 3.63) is 215 Å². The molecule has 7 heteroatoms. The van der Waals surface area contributed by atoms with E-state index in [1.165, 1.54) is 11.1 Å². The summed E-state index contributed by atoms with van der Waals surface area (Å²) in [6.45, 7) is 0. The minimum absolute atomic E-state index is 0.254. The van der Waals surface area contributed by atoms with Gasteiger partial charge in [-0.05, 0) is 64.7 Å². The number of rotatable bonds is 4. The summed E-state index contributed by atoms with van der Waals surface area (Å²) in [6.07, 6.45) is 0. The van der Waals surface area contributed by atoms with Crippen molar-refractivity contribution in [2.24, 2.45) is 0 Å². The summed E-state index contributed by atoms with van der Waals surface area (Å²) in [7, 11) is 0. The standard InChI is InChI=1S/C54H30N6O/c55-31-35-27-37(28-36(32-56)50(35)53-58-51(33-15-3-1-4-16-33)57-52(59-53)34-17-5-2-6-18-34)60-46-24-12-8-20-39(46)41-29-40-38-19-7-9-21-42(38)54(45(40)30-47(41)60)43-22-10-13-25-48(43)61-49-26-14-11-23-44(49)54/h1-30H. The lowest BCUT2D eigenvalue weighted by molar-refractivity contribution is 0.436. The molecule has 0 unspecified atom stereocenters. The molecule has 1 spiro atoms. The van der Waals surface area contributed by atoms with Crippen molar-refractivity contribution < 1.29 is 4.74 Å². The Bertz CT molecular complexity index is 3400. The van der Waals surface area contributed by atoms with E-state index in [9.17, 15) is 10.5 Å². The molecule has 61 heavy (non-hydrogen) atoms. The Morgan fingerprint density at radius 3 is 1.59 bits per heavy atom. The summed E-state index contributed by atoms with van der Waals surface area (Å²) in [5.41, 5.74) is 11.2. The van der Waals surface area contributed by atoms with E-state index in [0.717, 1.165) is 66.7 Å². The molecular weight excluding hydrogens is 749 g/mol. The van der Waals surface area contributed by atoms with Gasteiger partial charge >= 0.3 is 0 Å². The molecule has 7 nitrogen and oxygen atoms in total. The molecule has 8 aromatic carbocycles. The summed E-state index contributed by atoms with van der Waals surface area (Å²) in [5.74, 6) is 2.79. The molecule has 0 N–H and O–H groups in total. The van der Waals surface area contributed by atoms with E-state index < -0.39 is 5.41 Å². The van der Waals surface area contributed by atoms with E-state index in [0.29, 0.717) is 22.9 Å². The fourth-order valence-electron chi connectivity index (χ4n) is 9.68. The van der Waals surface area contributed by atoms with Gasteiger partial charge in [0.1, 0.15) is 23.6 Å². The highest BCUT2D eigenvalue weighted by molar-refractivity contribution is 6.12. The van der Waals surface area contributed by atoms with Crippen LogP contribution >= 0.6 is 0 Å². The molecule has 0 atom stereocenters. The van der Waals surface area contributed by atoms with Crippen LogP contribution in [0.4, 0.5) is 0 Å². The number of fused-ring (bicyclic) bond motifs is 12. The van der Waals surface area contributed by atoms with Crippen LogP contribution in [0.3, 0.4) is 0 Å². The Hall–Kier alpha value is -8.65. The molecule has 3 heterocycles.